The molecule has 0 amide bonds. The second-order valence-electron chi connectivity index (χ2n) is 5.20. The fraction of sp³-hybridized carbons (Fsp3) is 0.286. The van der Waals surface area contributed by atoms with E-state index in [0.717, 1.165) is 17.3 Å². The van der Waals surface area contributed by atoms with Crippen molar-refractivity contribution in [1.29, 1.82) is 0 Å². The molecule has 9 heteroatoms. The number of benzene rings is 1. The van der Waals surface area contributed by atoms with Gasteiger partial charge in [0, 0.05) is 42.4 Å². The molecule has 7 nitrogen and oxygen atoms in total. The summed E-state index contributed by atoms with van der Waals surface area (Å²) in [7, 11) is 0. The maximum Gasteiger partial charge on any atom is 0.317 e. The Bertz CT molecular complexity index is 748. The van der Waals surface area contributed by atoms with Crippen molar-refractivity contribution in [2.45, 2.75) is 13.0 Å². The molecule has 1 aromatic heterocycles. The van der Waals surface area contributed by atoms with Crippen molar-refractivity contribution in [3.8, 4) is 22.8 Å². The lowest BCUT2D eigenvalue weighted by Gasteiger charge is -2.25. The number of carboxylic acids is 1. The van der Waals surface area contributed by atoms with Crippen molar-refractivity contribution in [2.75, 3.05) is 13.1 Å². The Morgan fingerprint density at radius 1 is 1.35 bits per heavy atom. The van der Waals surface area contributed by atoms with E-state index in [9.17, 15) is 15.0 Å². The third-order valence-corrected chi connectivity index (χ3v) is 3.99. The van der Waals surface area contributed by atoms with Gasteiger partial charge in [-0.15, -0.1) is 12.4 Å². The molecule has 0 fully saturated rings. The topological polar surface area (TPSA) is 110 Å². The van der Waals surface area contributed by atoms with E-state index in [1.165, 1.54) is 6.07 Å². The number of aromatic nitrogens is 2. The zero-order valence-electron chi connectivity index (χ0n) is 11.9. The Hall–Kier alpha value is -1.96. The standard InChI is InChI=1S/C14H14ClN3O4.ClH/c15-9-3-7(11(19)4-12(9)20)14-8-5-18(6-13(21)22)2-1-10(8)16-17-14;/h3-4,19-20H,1-2,5-6H2,(H,16,17)(H,21,22);1H. The van der Waals surface area contributed by atoms with Gasteiger partial charge in [-0.1, -0.05) is 11.6 Å². The SMILES string of the molecule is Cl.O=C(O)CN1CCc2[nH]nc(-c3cc(Cl)c(O)cc3O)c2C1. The Morgan fingerprint density at radius 3 is 2.78 bits per heavy atom. The molecule has 1 aromatic carbocycles. The lowest BCUT2D eigenvalue weighted by atomic mass is 10.0. The van der Waals surface area contributed by atoms with Crippen LogP contribution in [0.3, 0.4) is 0 Å². The van der Waals surface area contributed by atoms with Gasteiger partial charge in [-0.3, -0.25) is 14.8 Å². The Labute approximate surface area is 142 Å². The van der Waals surface area contributed by atoms with Crippen LogP contribution in [0.4, 0.5) is 0 Å². The highest BCUT2D eigenvalue weighted by Gasteiger charge is 2.25. The molecule has 3 rings (SSSR count). The van der Waals surface area contributed by atoms with Gasteiger partial charge in [0.1, 0.15) is 17.2 Å². The number of carboxylic acid groups (broad SMARTS) is 1. The molecule has 23 heavy (non-hydrogen) atoms. The smallest absolute Gasteiger partial charge is 0.317 e. The second-order valence-corrected chi connectivity index (χ2v) is 5.61. The van der Waals surface area contributed by atoms with E-state index >= 15 is 0 Å². The van der Waals surface area contributed by atoms with Crippen LogP contribution in [0.15, 0.2) is 12.1 Å². The first-order valence-electron chi connectivity index (χ1n) is 6.68. The molecular weight excluding hydrogens is 345 g/mol. The van der Waals surface area contributed by atoms with E-state index in [-0.39, 0.29) is 35.5 Å². The van der Waals surface area contributed by atoms with Crippen molar-refractivity contribution >= 4 is 30.0 Å². The molecule has 124 valence electrons. The van der Waals surface area contributed by atoms with E-state index in [4.69, 9.17) is 16.7 Å². The van der Waals surface area contributed by atoms with Crippen molar-refractivity contribution < 1.29 is 20.1 Å². The summed E-state index contributed by atoms with van der Waals surface area (Å²) in [6.45, 7) is 1.00. The van der Waals surface area contributed by atoms with Crippen LogP contribution < -0.4 is 0 Å². The van der Waals surface area contributed by atoms with Gasteiger partial charge in [0.25, 0.3) is 0 Å². The van der Waals surface area contributed by atoms with Crippen LogP contribution in [0, 0.1) is 0 Å². The zero-order valence-corrected chi connectivity index (χ0v) is 13.5. The lowest BCUT2D eigenvalue weighted by molar-refractivity contribution is -0.138. The summed E-state index contributed by atoms with van der Waals surface area (Å²) >= 11 is 5.90. The van der Waals surface area contributed by atoms with Crippen LogP contribution in [-0.2, 0) is 17.8 Å². The number of H-pyrrole nitrogens is 1. The third-order valence-electron chi connectivity index (χ3n) is 3.69. The highest BCUT2D eigenvalue weighted by atomic mass is 35.5. The minimum Gasteiger partial charge on any atom is -0.507 e. The number of hydrogen-bond donors (Lipinski definition) is 4. The second kappa shape index (κ2) is 6.66. The summed E-state index contributed by atoms with van der Waals surface area (Å²) in [6, 6.07) is 2.61. The van der Waals surface area contributed by atoms with Gasteiger partial charge in [0.2, 0.25) is 0 Å². The molecule has 0 spiro atoms. The fourth-order valence-corrected chi connectivity index (χ4v) is 2.80. The van der Waals surface area contributed by atoms with E-state index < -0.39 is 5.97 Å². The number of rotatable bonds is 3. The van der Waals surface area contributed by atoms with E-state index in [1.807, 2.05) is 0 Å². The van der Waals surface area contributed by atoms with Crippen molar-refractivity contribution in [3.63, 3.8) is 0 Å². The van der Waals surface area contributed by atoms with Gasteiger partial charge >= 0.3 is 5.97 Å². The molecule has 0 saturated carbocycles. The quantitative estimate of drug-likeness (QED) is 0.667. The molecule has 0 unspecified atom stereocenters. The molecule has 0 atom stereocenters. The number of phenols is 2. The fourth-order valence-electron chi connectivity index (χ4n) is 2.64. The Kier molecular flexibility index (Phi) is 5.03. The monoisotopic (exact) mass is 359 g/mol. The van der Waals surface area contributed by atoms with Gasteiger partial charge in [-0.2, -0.15) is 5.10 Å². The summed E-state index contributed by atoms with van der Waals surface area (Å²) in [5, 5.41) is 35.7. The minimum absolute atomic E-state index is 0. The maximum absolute atomic E-state index is 10.9. The summed E-state index contributed by atoms with van der Waals surface area (Å²) in [6.07, 6.45) is 0.655. The van der Waals surface area contributed by atoms with Gasteiger partial charge in [0.15, 0.2) is 0 Å². The Balaban J connectivity index is 0.00000192. The average molecular weight is 360 g/mol. The van der Waals surface area contributed by atoms with Crippen LogP contribution in [-0.4, -0.2) is 49.5 Å². The number of aliphatic carboxylic acids is 1. The van der Waals surface area contributed by atoms with Gasteiger partial charge in [-0.25, -0.2) is 0 Å². The molecule has 4 N–H and O–H groups in total. The number of aromatic amines is 1. The summed E-state index contributed by atoms with van der Waals surface area (Å²) in [4.78, 5) is 12.7. The molecule has 0 radical (unpaired) electrons. The predicted molar refractivity (Wildman–Crippen MR) is 86.2 cm³/mol. The number of fused-ring (bicyclic) bond motifs is 1. The number of halogens is 2. The highest BCUT2D eigenvalue weighted by Crippen LogP contribution is 2.39. The van der Waals surface area contributed by atoms with Crippen LogP contribution in [0.2, 0.25) is 5.02 Å². The predicted octanol–water partition coefficient (Wildman–Crippen LogP) is 2.01. The maximum atomic E-state index is 10.9. The first-order chi connectivity index (χ1) is 10.5. The molecule has 1 aliphatic heterocycles. The number of aromatic hydroxyl groups is 2. The summed E-state index contributed by atoms with van der Waals surface area (Å²) < 4.78 is 0. The van der Waals surface area contributed by atoms with Crippen LogP contribution in [0.25, 0.3) is 11.3 Å². The van der Waals surface area contributed by atoms with E-state index in [0.29, 0.717) is 30.8 Å². The zero-order chi connectivity index (χ0) is 15.9. The van der Waals surface area contributed by atoms with E-state index in [2.05, 4.69) is 10.2 Å². The van der Waals surface area contributed by atoms with Crippen molar-refractivity contribution in [1.82, 2.24) is 15.1 Å². The summed E-state index contributed by atoms with van der Waals surface area (Å²) in [5.41, 5.74) is 2.67. The highest BCUT2D eigenvalue weighted by molar-refractivity contribution is 6.32. The third kappa shape index (κ3) is 3.36. The van der Waals surface area contributed by atoms with Gasteiger partial charge in [-0.05, 0) is 6.07 Å². The molecular formula is C14H15Cl2N3O4. The molecule has 0 saturated heterocycles. The van der Waals surface area contributed by atoms with E-state index in [1.54, 1.807) is 4.90 Å². The average Bonchev–Trinajstić information content (AvgIpc) is 2.85. The normalized spacial score (nSPS) is 14.1. The number of nitrogens with zero attached hydrogens (tertiary/aromatic N) is 2. The van der Waals surface area contributed by atoms with Crippen molar-refractivity contribution in [3.05, 3.63) is 28.4 Å². The first kappa shape index (κ1) is 17.4. The van der Waals surface area contributed by atoms with Crippen LogP contribution >= 0.6 is 24.0 Å². The largest absolute Gasteiger partial charge is 0.507 e. The molecule has 2 heterocycles. The molecule has 0 bridgehead atoms. The molecule has 1 aliphatic rings. The molecule has 2 aromatic rings. The van der Waals surface area contributed by atoms with Gasteiger partial charge in [0.05, 0.1) is 11.6 Å². The number of hydrogen-bond acceptors (Lipinski definition) is 5. The minimum atomic E-state index is -0.885. The van der Waals surface area contributed by atoms with Crippen molar-refractivity contribution in [2.24, 2.45) is 0 Å². The van der Waals surface area contributed by atoms with Crippen LogP contribution in [0.5, 0.6) is 11.5 Å². The number of phenolic OH excluding ortho intramolecular Hbond substituents is 2. The lowest BCUT2D eigenvalue weighted by Crippen LogP contribution is -2.34. The first-order valence-corrected chi connectivity index (χ1v) is 7.05. The summed E-state index contributed by atoms with van der Waals surface area (Å²) in [5.74, 6) is -1.23. The van der Waals surface area contributed by atoms with Gasteiger partial charge < -0.3 is 15.3 Å². The Morgan fingerprint density at radius 2 is 2.09 bits per heavy atom. The number of nitrogens with one attached hydrogen (secondary N) is 1. The van der Waals surface area contributed by atoms with Crippen LogP contribution in [0.1, 0.15) is 11.3 Å². The number of carbonyl (C=O) groups is 1. The molecule has 0 aliphatic carbocycles.